The van der Waals surface area contributed by atoms with Gasteiger partial charge in [0.15, 0.2) is 0 Å². The Morgan fingerprint density at radius 2 is 1.33 bits per heavy atom. The van der Waals surface area contributed by atoms with E-state index in [0.29, 0.717) is 12.8 Å². The SMILES string of the molecule is CC1CCC(C2CCC(C3CC4CC(C#N)CC(F)C4C3(F)F)CC2)CC1. The second-order valence-corrected chi connectivity index (χ2v) is 10.3. The summed E-state index contributed by atoms with van der Waals surface area (Å²) in [6.07, 6.45) is 8.68. The fourth-order valence-corrected chi connectivity index (χ4v) is 7.24. The number of hydrogen-bond donors (Lipinski definition) is 0. The summed E-state index contributed by atoms with van der Waals surface area (Å²) in [5, 5.41) is 9.14. The molecule has 0 aromatic heterocycles. The molecule has 152 valence electrons. The zero-order valence-electron chi connectivity index (χ0n) is 16.6. The Labute approximate surface area is 162 Å². The standard InChI is InChI=1S/C23H34F3N/c1-14-2-4-16(5-3-14)17-6-8-18(9-7-17)20-12-19-10-15(13-27)11-21(24)22(19)23(20,25)26/h14-22H,2-12H2,1H3. The highest BCUT2D eigenvalue weighted by Crippen LogP contribution is 2.60. The van der Waals surface area contributed by atoms with Crippen LogP contribution in [0.3, 0.4) is 0 Å². The third-order valence-corrected chi connectivity index (χ3v) is 8.79. The normalized spacial score (nSPS) is 50.0. The summed E-state index contributed by atoms with van der Waals surface area (Å²) >= 11 is 0. The zero-order chi connectivity index (χ0) is 19.2. The minimum Gasteiger partial charge on any atom is -0.247 e. The Morgan fingerprint density at radius 1 is 0.778 bits per heavy atom. The number of fused-ring (bicyclic) bond motifs is 1. The summed E-state index contributed by atoms with van der Waals surface area (Å²) < 4.78 is 44.9. The van der Waals surface area contributed by atoms with Gasteiger partial charge in [0.05, 0.1) is 12.0 Å². The van der Waals surface area contributed by atoms with Gasteiger partial charge >= 0.3 is 0 Å². The number of nitriles is 1. The smallest absolute Gasteiger partial charge is 0.247 e. The number of halogens is 3. The van der Waals surface area contributed by atoms with E-state index in [1.807, 2.05) is 0 Å². The number of hydrogen-bond acceptors (Lipinski definition) is 1. The van der Waals surface area contributed by atoms with Crippen molar-refractivity contribution in [3.8, 4) is 6.07 Å². The number of alkyl halides is 3. The predicted molar refractivity (Wildman–Crippen MR) is 99.8 cm³/mol. The molecule has 0 spiro atoms. The highest BCUT2D eigenvalue weighted by molar-refractivity contribution is 5.07. The summed E-state index contributed by atoms with van der Waals surface area (Å²) in [6, 6.07) is 2.13. The molecule has 0 heterocycles. The van der Waals surface area contributed by atoms with E-state index >= 15 is 8.78 Å². The van der Waals surface area contributed by atoms with Gasteiger partial charge in [-0.25, -0.2) is 13.2 Å². The summed E-state index contributed by atoms with van der Waals surface area (Å²) in [5.41, 5.74) is 0. The molecule has 5 atom stereocenters. The first kappa shape index (κ1) is 19.6. The summed E-state index contributed by atoms with van der Waals surface area (Å²) in [6.45, 7) is 2.34. The average molecular weight is 382 g/mol. The molecule has 0 aromatic carbocycles. The molecular weight excluding hydrogens is 347 g/mol. The van der Waals surface area contributed by atoms with Gasteiger partial charge in [-0.05, 0) is 87.4 Å². The Balaban J connectivity index is 1.38. The van der Waals surface area contributed by atoms with E-state index in [1.165, 1.54) is 25.7 Å². The number of nitrogens with zero attached hydrogens (tertiary/aromatic N) is 1. The fraction of sp³-hybridized carbons (Fsp3) is 0.957. The van der Waals surface area contributed by atoms with Crippen LogP contribution < -0.4 is 0 Å². The minimum absolute atomic E-state index is 0.00677. The van der Waals surface area contributed by atoms with E-state index in [-0.39, 0.29) is 24.2 Å². The minimum atomic E-state index is -2.89. The summed E-state index contributed by atoms with van der Waals surface area (Å²) in [5.74, 6) is -2.91. The van der Waals surface area contributed by atoms with Gasteiger partial charge in [-0.1, -0.05) is 19.8 Å². The molecule has 0 radical (unpaired) electrons. The molecule has 27 heavy (non-hydrogen) atoms. The van der Waals surface area contributed by atoms with E-state index in [4.69, 9.17) is 5.26 Å². The van der Waals surface area contributed by atoms with Gasteiger partial charge in [0.1, 0.15) is 6.17 Å². The van der Waals surface area contributed by atoms with Gasteiger partial charge in [0.25, 0.3) is 5.92 Å². The quantitative estimate of drug-likeness (QED) is 0.517. The van der Waals surface area contributed by atoms with Crippen molar-refractivity contribution < 1.29 is 13.2 Å². The summed E-state index contributed by atoms with van der Waals surface area (Å²) in [7, 11) is 0. The Morgan fingerprint density at radius 3 is 1.93 bits per heavy atom. The monoisotopic (exact) mass is 381 g/mol. The van der Waals surface area contributed by atoms with Crippen LogP contribution in [0.15, 0.2) is 0 Å². The van der Waals surface area contributed by atoms with Crippen molar-refractivity contribution in [2.24, 2.45) is 47.3 Å². The van der Waals surface area contributed by atoms with Crippen molar-refractivity contribution in [3.63, 3.8) is 0 Å². The van der Waals surface area contributed by atoms with Crippen LogP contribution in [0.5, 0.6) is 0 Å². The molecule has 4 aliphatic rings. The Hall–Kier alpha value is -0.720. The molecule has 0 N–H and O–H groups in total. The predicted octanol–water partition coefficient (Wildman–Crippen LogP) is 6.78. The lowest BCUT2D eigenvalue weighted by Gasteiger charge is -2.40. The van der Waals surface area contributed by atoms with Crippen molar-refractivity contribution in [1.29, 1.82) is 5.26 Å². The van der Waals surface area contributed by atoms with Crippen LogP contribution in [0.4, 0.5) is 13.2 Å². The summed E-state index contributed by atoms with van der Waals surface area (Å²) in [4.78, 5) is 0. The van der Waals surface area contributed by atoms with Crippen LogP contribution in [0.1, 0.15) is 77.6 Å². The van der Waals surface area contributed by atoms with Gasteiger partial charge in [-0.2, -0.15) is 5.26 Å². The molecule has 0 amide bonds. The van der Waals surface area contributed by atoms with Gasteiger partial charge in [-0.15, -0.1) is 0 Å². The molecule has 4 saturated carbocycles. The van der Waals surface area contributed by atoms with Gasteiger partial charge < -0.3 is 0 Å². The lowest BCUT2D eigenvalue weighted by molar-refractivity contribution is -0.131. The van der Waals surface area contributed by atoms with E-state index in [1.54, 1.807) is 0 Å². The topological polar surface area (TPSA) is 23.8 Å². The van der Waals surface area contributed by atoms with Crippen molar-refractivity contribution in [1.82, 2.24) is 0 Å². The third kappa shape index (κ3) is 3.65. The maximum Gasteiger partial charge on any atom is 0.256 e. The van der Waals surface area contributed by atoms with Crippen LogP contribution in [-0.4, -0.2) is 12.1 Å². The molecule has 0 saturated heterocycles. The van der Waals surface area contributed by atoms with Crippen LogP contribution >= 0.6 is 0 Å². The highest BCUT2D eigenvalue weighted by Gasteiger charge is 2.63. The van der Waals surface area contributed by atoms with E-state index in [9.17, 15) is 4.39 Å². The Kier molecular flexibility index (Phi) is 5.51. The number of rotatable bonds is 2. The first-order chi connectivity index (χ1) is 12.9. The first-order valence-electron chi connectivity index (χ1n) is 11.3. The molecule has 0 aromatic rings. The van der Waals surface area contributed by atoms with E-state index in [0.717, 1.165) is 43.4 Å². The lowest BCUT2D eigenvalue weighted by Crippen LogP contribution is -2.43. The molecule has 5 unspecified atom stereocenters. The molecule has 4 aliphatic carbocycles. The molecular formula is C23H34F3N. The third-order valence-electron chi connectivity index (χ3n) is 8.79. The maximum atomic E-state index is 15.2. The van der Waals surface area contributed by atoms with Crippen molar-refractivity contribution in [2.45, 2.75) is 89.6 Å². The van der Waals surface area contributed by atoms with E-state index < -0.39 is 23.9 Å². The van der Waals surface area contributed by atoms with Crippen LogP contribution in [0.25, 0.3) is 0 Å². The van der Waals surface area contributed by atoms with Gasteiger partial charge in [0.2, 0.25) is 0 Å². The fourth-order valence-electron chi connectivity index (χ4n) is 7.24. The van der Waals surface area contributed by atoms with Crippen molar-refractivity contribution >= 4 is 0 Å². The van der Waals surface area contributed by atoms with E-state index in [2.05, 4.69) is 13.0 Å². The van der Waals surface area contributed by atoms with Crippen LogP contribution in [0.2, 0.25) is 0 Å². The molecule has 0 bridgehead atoms. The van der Waals surface area contributed by atoms with Gasteiger partial charge in [0, 0.05) is 11.8 Å². The molecule has 4 heteroatoms. The molecule has 4 fully saturated rings. The molecule has 1 nitrogen and oxygen atoms in total. The van der Waals surface area contributed by atoms with Crippen molar-refractivity contribution in [2.75, 3.05) is 0 Å². The van der Waals surface area contributed by atoms with Crippen LogP contribution in [0, 0.1) is 58.7 Å². The second kappa shape index (κ2) is 7.60. The zero-order valence-corrected chi connectivity index (χ0v) is 16.6. The lowest BCUT2D eigenvalue weighted by atomic mass is 9.67. The van der Waals surface area contributed by atoms with Crippen molar-refractivity contribution in [3.05, 3.63) is 0 Å². The maximum absolute atomic E-state index is 15.2. The Bertz CT molecular complexity index is 554. The largest absolute Gasteiger partial charge is 0.256 e. The molecule has 4 rings (SSSR count). The molecule has 0 aliphatic heterocycles. The first-order valence-corrected chi connectivity index (χ1v) is 11.3. The second-order valence-electron chi connectivity index (χ2n) is 10.3. The highest BCUT2D eigenvalue weighted by atomic mass is 19.3. The van der Waals surface area contributed by atoms with Gasteiger partial charge in [-0.3, -0.25) is 0 Å². The van der Waals surface area contributed by atoms with Crippen LogP contribution in [-0.2, 0) is 0 Å². The average Bonchev–Trinajstić information content (AvgIpc) is 2.93.